The number of aromatic nitrogens is 1. The fourth-order valence-corrected chi connectivity index (χ4v) is 4.12. The van der Waals surface area contributed by atoms with Gasteiger partial charge in [-0.15, -0.1) is 0 Å². The summed E-state index contributed by atoms with van der Waals surface area (Å²) in [5.74, 6) is -1.51. The Hall–Kier alpha value is -4.23. The molecule has 13 heteroatoms. The maximum absolute atomic E-state index is 12.5. The van der Waals surface area contributed by atoms with Gasteiger partial charge in [-0.2, -0.15) is 18.3 Å². The molecule has 2 aromatic carbocycles. The van der Waals surface area contributed by atoms with Crippen molar-refractivity contribution in [3.63, 3.8) is 0 Å². The molecule has 0 bridgehead atoms. The number of amides is 1. The highest BCUT2D eigenvalue weighted by Crippen LogP contribution is 2.26. The van der Waals surface area contributed by atoms with Crippen molar-refractivity contribution in [2.24, 2.45) is 5.10 Å². The Morgan fingerprint density at radius 1 is 1.10 bits per heavy atom. The molecule has 1 amide bonds. The van der Waals surface area contributed by atoms with Crippen molar-refractivity contribution in [3.05, 3.63) is 72.0 Å². The molecule has 0 aliphatic rings. The van der Waals surface area contributed by atoms with Crippen molar-refractivity contribution in [2.45, 2.75) is 19.5 Å². The molecule has 0 saturated carbocycles. The normalized spacial score (nSPS) is 11.7. The van der Waals surface area contributed by atoms with E-state index in [-0.39, 0.29) is 5.91 Å². The highest BCUT2D eigenvalue weighted by Gasteiger charge is 2.38. The van der Waals surface area contributed by atoms with Crippen molar-refractivity contribution in [2.75, 3.05) is 32.6 Å². The zero-order valence-electron chi connectivity index (χ0n) is 22.0. The topological polar surface area (TPSA) is 120 Å². The SMILES string of the molecule is C/C(=N/Nc1nc2ccccc2s1)c1ccc(-c2cccc(C(=O)NCCCN(C)C)c2)o1.O=C(O)C(F)(F)F. The lowest BCUT2D eigenvalue weighted by molar-refractivity contribution is -0.192. The number of thiazole rings is 1. The highest BCUT2D eigenvalue weighted by atomic mass is 32.1. The number of fused-ring (bicyclic) bond motifs is 1. The summed E-state index contributed by atoms with van der Waals surface area (Å²) >= 11 is 1.55. The lowest BCUT2D eigenvalue weighted by Gasteiger charge is -2.10. The molecule has 4 aromatic rings. The summed E-state index contributed by atoms with van der Waals surface area (Å²) in [5, 5.41) is 15.2. The number of para-hydroxylation sites is 1. The van der Waals surface area contributed by atoms with Crippen LogP contribution in [-0.2, 0) is 4.79 Å². The second-order valence-corrected chi connectivity index (χ2v) is 9.79. The first kappa shape index (κ1) is 30.3. The van der Waals surface area contributed by atoms with Gasteiger partial charge in [0.25, 0.3) is 5.91 Å². The number of carbonyl (C=O) groups is 2. The van der Waals surface area contributed by atoms with Gasteiger partial charge in [0.05, 0.1) is 10.2 Å². The van der Waals surface area contributed by atoms with Crippen LogP contribution < -0.4 is 10.7 Å². The first-order chi connectivity index (χ1) is 18.9. The van der Waals surface area contributed by atoms with E-state index in [1.165, 1.54) is 0 Å². The Labute approximate surface area is 232 Å². The number of hydrazone groups is 1. The summed E-state index contributed by atoms with van der Waals surface area (Å²) < 4.78 is 38.9. The van der Waals surface area contributed by atoms with Gasteiger partial charge in [0.15, 0.2) is 5.76 Å². The van der Waals surface area contributed by atoms with E-state index >= 15 is 0 Å². The molecular weight excluding hydrogens is 547 g/mol. The number of nitrogens with zero attached hydrogens (tertiary/aromatic N) is 3. The molecule has 3 N–H and O–H groups in total. The molecule has 0 saturated heterocycles. The minimum atomic E-state index is -5.08. The fourth-order valence-electron chi connectivity index (χ4n) is 3.31. The van der Waals surface area contributed by atoms with Gasteiger partial charge < -0.3 is 19.7 Å². The number of nitrogens with one attached hydrogen (secondary N) is 2. The maximum Gasteiger partial charge on any atom is 0.490 e. The average molecular weight is 576 g/mol. The predicted molar refractivity (Wildman–Crippen MR) is 149 cm³/mol. The Balaban J connectivity index is 0.000000559. The van der Waals surface area contributed by atoms with Crippen molar-refractivity contribution >= 4 is 44.3 Å². The second-order valence-electron chi connectivity index (χ2n) is 8.76. The molecule has 212 valence electrons. The van der Waals surface area contributed by atoms with Crippen LogP contribution in [0.5, 0.6) is 0 Å². The molecule has 0 aliphatic carbocycles. The van der Waals surface area contributed by atoms with Crippen LogP contribution in [0.25, 0.3) is 21.5 Å². The first-order valence-electron chi connectivity index (χ1n) is 12.0. The summed E-state index contributed by atoms with van der Waals surface area (Å²) in [6.07, 6.45) is -4.18. The van der Waals surface area contributed by atoms with E-state index in [2.05, 4.69) is 25.7 Å². The molecule has 2 aromatic heterocycles. The number of benzene rings is 2. The molecule has 0 fully saturated rings. The molecule has 0 unspecified atom stereocenters. The standard InChI is InChI=1S/C25H27N5O2S.C2HF3O2/c1-17(28-29-25-27-20-10-4-5-11-23(20)33-25)21-12-13-22(32-21)18-8-6-9-19(16-18)24(31)26-14-7-15-30(2)3;3-2(4,5)1(6)7/h4-6,8-13,16H,7,14-15H2,1-3H3,(H,26,31)(H,27,29);(H,6,7)/b28-17-;. The minimum absolute atomic E-state index is 0.0832. The summed E-state index contributed by atoms with van der Waals surface area (Å²) in [6, 6.07) is 19.2. The Bertz CT molecular complexity index is 1450. The second kappa shape index (κ2) is 13.7. The van der Waals surface area contributed by atoms with Crippen LogP contribution in [0.3, 0.4) is 0 Å². The third-order valence-corrected chi connectivity index (χ3v) is 6.24. The number of carboxylic acids is 1. The third kappa shape index (κ3) is 8.92. The van der Waals surface area contributed by atoms with Crippen molar-refractivity contribution in [1.29, 1.82) is 0 Å². The number of carboxylic acid groups (broad SMARTS) is 1. The van der Waals surface area contributed by atoms with Gasteiger partial charge in [0.1, 0.15) is 11.5 Å². The molecule has 4 rings (SSSR count). The summed E-state index contributed by atoms with van der Waals surface area (Å²) in [5.41, 5.74) is 6.12. The monoisotopic (exact) mass is 575 g/mol. The molecular formula is C27H28F3N5O4S. The number of hydrogen-bond donors (Lipinski definition) is 3. The van der Waals surface area contributed by atoms with Gasteiger partial charge in [-0.25, -0.2) is 9.78 Å². The van der Waals surface area contributed by atoms with Crippen LogP contribution in [-0.4, -0.2) is 65.9 Å². The number of rotatable bonds is 9. The lowest BCUT2D eigenvalue weighted by atomic mass is 10.1. The quantitative estimate of drug-likeness (QED) is 0.133. The smallest absolute Gasteiger partial charge is 0.475 e. The molecule has 2 heterocycles. The number of anilines is 1. The third-order valence-electron chi connectivity index (χ3n) is 5.30. The summed E-state index contributed by atoms with van der Waals surface area (Å²) in [7, 11) is 4.04. The molecule has 9 nitrogen and oxygen atoms in total. The van der Waals surface area contributed by atoms with Gasteiger partial charge in [0, 0.05) is 17.7 Å². The van der Waals surface area contributed by atoms with Gasteiger partial charge in [0.2, 0.25) is 5.13 Å². The number of aliphatic carboxylic acids is 1. The van der Waals surface area contributed by atoms with Gasteiger partial charge >= 0.3 is 12.1 Å². The minimum Gasteiger partial charge on any atom is -0.475 e. The lowest BCUT2D eigenvalue weighted by Crippen LogP contribution is -2.27. The van der Waals surface area contributed by atoms with Crippen LogP contribution in [0.1, 0.15) is 29.5 Å². The van der Waals surface area contributed by atoms with Crippen molar-refractivity contribution in [3.8, 4) is 11.3 Å². The Morgan fingerprint density at radius 3 is 2.50 bits per heavy atom. The van der Waals surface area contributed by atoms with E-state index in [4.69, 9.17) is 14.3 Å². The number of hydrogen-bond acceptors (Lipinski definition) is 8. The molecule has 0 atom stereocenters. The van der Waals surface area contributed by atoms with Crippen LogP contribution in [0.4, 0.5) is 18.3 Å². The zero-order valence-corrected chi connectivity index (χ0v) is 22.8. The van der Waals surface area contributed by atoms with E-state index in [9.17, 15) is 18.0 Å². The largest absolute Gasteiger partial charge is 0.490 e. The first-order valence-corrected chi connectivity index (χ1v) is 12.8. The van der Waals surface area contributed by atoms with Crippen LogP contribution in [0, 0.1) is 0 Å². The molecule has 0 spiro atoms. The van der Waals surface area contributed by atoms with E-state index in [1.54, 1.807) is 11.3 Å². The summed E-state index contributed by atoms with van der Waals surface area (Å²) in [4.78, 5) is 28.0. The number of carbonyl (C=O) groups excluding carboxylic acids is 1. The summed E-state index contributed by atoms with van der Waals surface area (Å²) in [6.45, 7) is 3.45. The maximum atomic E-state index is 12.5. The van der Waals surface area contributed by atoms with E-state index in [0.29, 0.717) is 29.3 Å². The molecule has 0 radical (unpaired) electrons. The van der Waals surface area contributed by atoms with Crippen LogP contribution in [0.2, 0.25) is 0 Å². The Morgan fingerprint density at radius 2 is 1.82 bits per heavy atom. The van der Waals surface area contributed by atoms with Crippen molar-refractivity contribution in [1.82, 2.24) is 15.2 Å². The van der Waals surface area contributed by atoms with Crippen LogP contribution >= 0.6 is 11.3 Å². The van der Waals surface area contributed by atoms with E-state index in [0.717, 1.165) is 33.9 Å². The number of alkyl halides is 3. The fraction of sp³-hybridized carbons (Fsp3) is 0.259. The number of furan rings is 1. The highest BCUT2D eigenvalue weighted by molar-refractivity contribution is 7.22. The average Bonchev–Trinajstić information content (AvgIpc) is 3.57. The molecule has 0 aliphatic heterocycles. The van der Waals surface area contributed by atoms with E-state index in [1.807, 2.05) is 81.7 Å². The number of halogens is 3. The van der Waals surface area contributed by atoms with Crippen LogP contribution in [0.15, 0.2) is 70.2 Å². The van der Waals surface area contributed by atoms with Gasteiger partial charge in [-0.05, 0) is 70.4 Å². The van der Waals surface area contributed by atoms with E-state index < -0.39 is 12.1 Å². The van der Waals surface area contributed by atoms with Gasteiger partial charge in [-0.1, -0.05) is 35.6 Å². The van der Waals surface area contributed by atoms with Crippen molar-refractivity contribution < 1.29 is 32.3 Å². The Kier molecular flexibility index (Phi) is 10.4. The van der Waals surface area contributed by atoms with Gasteiger partial charge in [-0.3, -0.25) is 10.2 Å². The predicted octanol–water partition coefficient (Wildman–Crippen LogP) is 5.71. The zero-order chi connectivity index (χ0) is 29.3. The molecule has 40 heavy (non-hydrogen) atoms.